The largest absolute Gasteiger partial charge is 0.478 e. The molecule has 1 N–H and O–H groups in total. The number of hydrogen-bond donors (Lipinski definition) is 1. The molecule has 1 aliphatic carbocycles. The third-order valence-electron chi connectivity index (χ3n) is 6.87. The molecule has 2 saturated heterocycles. The van der Waals surface area contributed by atoms with Crippen LogP contribution in [-0.4, -0.2) is 41.7 Å². The maximum absolute atomic E-state index is 11.1. The SMILES string of the molecule is C#C[C@@H]1N(c2ccc(C#N)c(Cl)c2)CCC12CCN(C1=CC=C(C(=O)O)CC1)CC2. The second kappa shape index (κ2) is 8.09. The molecule has 0 saturated carbocycles. The highest BCUT2D eigenvalue weighted by Gasteiger charge is 2.48. The van der Waals surface area contributed by atoms with Gasteiger partial charge in [-0.05, 0) is 56.4 Å². The van der Waals surface area contributed by atoms with Crippen molar-refractivity contribution in [3.8, 4) is 18.4 Å². The van der Waals surface area contributed by atoms with Crippen molar-refractivity contribution in [2.24, 2.45) is 5.41 Å². The number of carboxylic acid groups (broad SMARTS) is 1. The highest BCUT2D eigenvalue weighted by Crippen LogP contribution is 2.47. The Hall–Kier alpha value is -2.89. The maximum Gasteiger partial charge on any atom is 0.331 e. The zero-order valence-corrected chi connectivity index (χ0v) is 17.5. The molecule has 154 valence electrons. The van der Waals surface area contributed by atoms with Crippen molar-refractivity contribution in [3.05, 3.63) is 52.2 Å². The number of carbonyl (C=O) groups is 1. The van der Waals surface area contributed by atoms with E-state index in [9.17, 15) is 4.79 Å². The van der Waals surface area contributed by atoms with E-state index < -0.39 is 5.97 Å². The molecule has 2 heterocycles. The molecule has 1 aromatic carbocycles. The van der Waals surface area contributed by atoms with Gasteiger partial charge >= 0.3 is 5.97 Å². The summed E-state index contributed by atoms with van der Waals surface area (Å²) in [4.78, 5) is 15.8. The Morgan fingerprint density at radius 1 is 1.20 bits per heavy atom. The molecule has 0 amide bonds. The molecule has 5 nitrogen and oxygen atoms in total. The summed E-state index contributed by atoms with van der Waals surface area (Å²) in [6.07, 6.45) is 14.1. The first-order valence-electron chi connectivity index (χ1n) is 10.3. The third kappa shape index (κ3) is 3.55. The van der Waals surface area contributed by atoms with Gasteiger partial charge in [-0.25, -0.2) is 4.79 Å². The predicted octanol–water partition coefficient (Wildman–Crippen LogP) is 4.19. The van der Waals surface area contributed by atoms with Crippen molar-refractivity contribution in [3.63, 3.8) is 0 Å². The van der Waals surface area contributed by atoms with Gasteiger partial charge in [0, 0.05) is 42.0 Å². The van der Waals surface area contributed by atoms with Gasteiger partial charge in [-0.3, -0.25) is 0 Å². The first-order valence-corrected chi connectivity index (χ1v) is 10.7. The number of allylic oxidation sites excluding steroid dienone is 3. The minimum atomic E-state index is -0.825. The fourth-order valence-corrected chi connectivity index (χ4v) is 5.31. The van der Waals surface area contributed by atoms with Crippen LogP contribution in [0.4, 0.5) is 5.69 Å². The first-order chi connectivity index (χ1) is 14.5. The Balaban J connectivity index is 1.48. The Bertz CT molecular complexity index is 1010. The molecule has 0 unspecified atom stereocenters. The van der Waals surface area contributed by atoms with Gasteiger partial charge in [0.25, 0.3) is 0 Å². The fourth-order valence-electron chi connectivity index (χ4n) is 5.09. The van der Waals surface area contributed by atoms with Crippen LogP contribution in [0.25, 0.3) is 0 Å². The summed E-state index contributed by atoms with van der Waals surface area (Å²) < 4.78 is 0. The quantitative estimate of drug-likeness (QED) is 0.741. The molecule has 0 bridgehead atoms. The molecule has 2 fully saturated rings. The summed E-state index contributed by atoms with van der Waals surface area (Å²) >= 11 is 6.26. The van der Waals surface area contributed by atoms with Gasteiger partial charge in [0.05, 0.1) is 16.6 Å². The van der Waals surface area contributed by atoms with Crippen LogP contribution in [0, 0.1) is 29.1 Å². The Morgan fingerprint density at radius 3 is 2.50 bits per heavy atom. The number of piperidine rings is 1. The number of aliphatic carboxylic acids is 1. The van der Waals surface area contributed by atoms with Crippen LogP contribution in [0.2, 0.25) is 5.02 Å². The molecule has 30 heavy (non-hydrogen) atoms. The molecule has 2 aliphatic heterocycles. The lowest BCUT2D eigenvalue weighted by Crippen LogP contribution is -2.46. The van der Waals surface area contributed by atoms with Gasteiger partial charge in [0.1, 0.15) is 6.07 Å². The molecular formula is C24H24ClN3O2. The molecular weight excluding hydrogens is 398 g/mol. The number of hydrogen-bond acceptors (Lipinski definition) is 4. The zero-order valence-electron chi connectivity index (χ0n) is 16.8. The van der Waals surface area contributed by atoms with Crippen LogP contribution in [0.1, 0.15) is 37.7 Å². The third-order valence-corrected chi connectivity index (χ3v) is 7.19. The van der Waals surface area contributed by atoms with Gasteiger partial charge in [-0.1, -0.05) is 23.6 Å². The van der Waals surface area contributed by atoms with Crippen LogP contribution in [0.15, 0.2) is 41.6 Å². The van der Waals surface area contributed by atoms with Crippen LogP contribution in [0.3, 0.4) is 0 Å². The van der Waals surface area contributed by atoms with Crippen LogP contribution in [0.5, 0.6) is 0 Å². The van der Waals surface area contributed by atoms with Crippen LogP contribution < -0.4 is 4.90 Å². The molecule has 0 aromatic heterocycles. The van der Waals surface area contributed by atoms with E-state index in [1.165, 1.54) is 5.70 Å². The highest BCUT2D eigenvalue weighted by atomic mass is 35.5. The van der Waals surface area contributed by atoms with E-state index in [0.29, 0.717) is 22.6 Å². The second-order valence-electron chi connectivity index (χ2n) is 8.29. The van der Waals surface area contributed by atoms with Crippen molar-refractivity contribution in [2.75, 3.05) is 24.5 Å². The van der Waals surface area contributed by atoms with Crippen LogP contribution in [-0.2, 0) is 4.79 Å². The number of terminal acetylenes is 1. The summed E-state index contributed by atoms with van der Waals surface area (Å²) in [6, 6.07) is 7.64. The molecule has 0 radical (unpaired) electrons. The minimum absolute atomic E-state index is 0.00231. The van der Waals surface area contributed by atoms with Crippen molar-refractivity contribution >= 4 is 23.3 Å². The second-order valence-corrected chi connectivity index (χ2v) is 8.70. The van der Waals surface area contributed by atoms with Crippen molar-refractivity contribution < 1.29 is 9.90 Å². The number of nitriles is 1. The summed E-state index contributed by atoms with van der Waals surface area (Å²) in [5.41, 5.74) is 3.22. The molecule has 1 aromatic rings. The van der Waals surface area contributed by atoms with Gasteiger partial charge in [-0.15, -0.1) is 6.42 Å². The van der Waals surface area contributed by atoms with Gasteiger partial charge < -0.3 is 14.9 Å². The average molecular weight is 422 g/mol. The van der Waals surface area contributed by atoms with E-state index in [1.54, 1.807) is 12.1 Å². The lowest BCUT2D eigenvalue weighted by atomic mass is 9.72. The summed E-state index contributed by atoms with van der Waals surface area (Å²) in [5, 5.41) is 18.7. The Morgan fingerprint density at radius 2 is 1.93 bits per heavy atom. The number of nitrogens with zero attached hydrogens (tertiary/aromatic N) is 3. The number of likely N-dealkylation sites (tertiary alicyclic amines) is 1. The van der Waals surface area contributed by atoms with Crippen LogP contribution >= 0.6 is 11.6 Å². The fraction of sp³-hybridized carbons (Fsp3) is 0.417. The smallest absolute Gasteiger partial charge is 0.331 e. The average Bonchev–Trinajstić information content (AvgIpc) is 3.12. The molecule has 1 atom stereocenters. The number of rotatable bonds is 3. The maximum atomic E-state index is 11.1. The standard InChI is InChI=1S/C24H24ClN3O2/c1-2-22-24(11-14-28(22)20-8-5-18(16-26)21(25)15-20)9-12-27(13-10-24)19-6-3-17(4-7-19)23(29)30/h1,3,5-6,8,15,22H,4,7,9-14H2,(H,29,30)/t22-/m0/s1. The normalized spacial score (nSPS) is 22.8. The first kappa shape index (κ1) is 20.4. The van der Waals surface area contributed by atoms with Gasteiger partial charge in [0.2, 0.25) is 0 Å². The molecule has 1 spiro atoms. The topological polar surface area (TPSA) is 67.6 Å². The minimum Gasteiger partial charge on any atom is -0.478 e. The number of benzene rings is 1. The molecule has 6 heteroatoms. The summed E-state index contributed by atoms with van der Waals surface area (Å²) in [6.45, 7) is 2.74. The number of halogens is 1. The van der Waals surface area contributed by atoms with Crippen molar-refractivity contribution in [2.45, 2.75) is 38.1 Å². The molecule has 3 aliphatic rings. The number of anilines is 1. The van der Waals surface area contributed by atoms with E-state index in [0.717, 1.165) is 51.0 Å². The lowest BCUT2D eigenvalue weighted by molar-refractivity contribution is -0.132. The Labute approximate surface area is 182 Å². The summed E-state index contributed by atoms with van der Waals surface area (Å²) in [5.74, 6) is 2.22. The molecule has 4 rings (SSSR count). The van der Waals surface area contributed by atoms with Crippen molar-refractivity contribution in [1.29, 1.82) is 5.26 Å². The monoisotopic (exact) mass is 421 g/mol. The van der Waals surface area contributed by atoms with Gasteiger partial charge in [-0.2, -0.15) is 5.26 Å². The zero-order chi connectivity index (χ0) is 21.3. The predicted molar refractivity (Wildman–Crippen MR) is 117 cm³/mol. The van der Waals surface area contributed by atoms with Crippen molar-refractivity contribution in [1.82, 2.24) is 4.90 Å². The highest BCUT2D eigenvalue weighted by molar-refractivity contribution is 6.32. The lowest BCUT2D eigenvalue weighted by Gasteiger charge is -2.44. The van der Waals surface area contributed by atoms with E-state index in [4.69, 9.17) is 28.4 Å². The van der Waals surface area contributed by atoms with Gasteiger partial charge in [0.15, 0.2) is 0 Å². The van der Waals surface area contributed by atoms with E-state index in [-0.39, 0.29) is 11.5 Å². The van der Waals surface area contributed by atoms with E-state index >= 15 is 0 Å². The van der Waals surface area contributed by atoms with E-state index in [1.807, 2.05) is 18.2 Å². The number of carboxylic acids is 1. The van der Waals surface area contributed by atoms with E-state index in [2.05, 4.69) is 21.8 Å². The Kier molecular flexibility index (Phi) is 5.50. The summed E-state index contributed by atoms with van der Waals surface area (Å²) in [7, 11) is 0.